The second-order valence-corrected chi connectivity index (χ2v) is 17.2. The maximum absolute atomic E-state index is 12.9. The number of unbranched alkanes of at least 4 members (excludes halogenated alkanes) is 23. The zero-order chi connectivity index (χ0) is 44.6. The summed E-state index contributed by atoms with van der Waals surface area (Å²) in [6, 6.07) is -0.827. The maximum Gasteiger partial charge on any atom is 0.305 e. The Balaban J connectivity index is 2.21. The fourth-order valence-electron chi connectivity index (χ4n) is 7.41. The molecule has 356 valence electrons. The highest BCUT2D eigenvalue weighted by Crippen LogP contribution is 2.22. The molecule has 0 radical (unpaired) electrons. The van der Waals surface area contributed by atoms with Crippen LogP contribution in [0.2, 0.25) is 0 Å². The van der Waals surface area contributed by atoms with Crippen LogP contribution in [-0.4, -0.2) is 100 Å². The van der Waals surface area contributed by atoms with Crippen molar-refractivity contribution in [2.45, 2.75) is 249 Å². The molecule has 0 bridgehead atoms. The molecule has 1 heterocycles. The molecule has 0 aliphatic carbocycles. The van der Waals surface area contributed by atoms with Gasteiger partial charge in [0.05, 0.1) is 32.0 Å². The van der Waals surface area contributed by atoms with E-state index in [2.05, 4.69) is 43.5 Å². The maximum atomic E-state index is 12.9. The summed E-state index contributed by atoms with van der Waals surface area (Å²) >= 11 is 0. The van der Waals surface area contributed by atoms with Crippen molar-refractivity contribution in [1.29, 1.82) is 0 Å². The van der Waals surface area contributed by atoms with E-state index >= 15 is 0 Å². The Morgan fingerprint density at radius 3 is 1.62 bits per heavy atom. The highest BCUT2D eigenvalue weighted by molar-refractivity contribution is 5.76. The molecule has 0 aromatic carbocycles. The quantitative estimate of drug-likeness (QED) is 0.0197. The number of allylic oxidation sites excluding steroid dienone is 5. The molecule has 6 N–H and O–H groups in total. The molecule has 0 saturated carbocycles. The number of hydrogen-bond donors (Lipinski definition) is 6. The molecule has 0 aromatic heterocycles. The van der Waals surface area contributed by atoms with Crippen molar-refractivity contribution < 1.29 is 49.3 Å². The van der Waals surface area contributed by atoms with Crippen LogP contribution in [0, 0.1) is 0 Å². The fraction of sp³-hybridized carbons (Fsp3) is 0.840. The molecule has 1 fully saturated rings. The normalized spacial score (nSPS) is 20.5. The van der Waals surface area contributed by atoms with E-state index in [0.29, 0.717) is 19.4 Å². The molecule has 1 amide bonds. The summed E-state index contributed by atoms with van der Waals surface area (Å²) in [7, 11) is 0. The van der Waals surface area contributed by atoms with Crippen LogP contribution in [-0.2, 0) is 23.8 Å². The Morgan fingerprint density at radius 1 is 0.590 bits per heavy atom. The van der Waals surface area contributed by atoms with Crippen molar-refractivity contribution in [3.8, 4) is 0 Å². The number of aliphatic hydroxyl groups excluding tert-OH is 5. The molecule has 7 unspecified atom stereocenters. The lowest BCUT2D eigenvalue weighted by atomic mass is 9.99. The Morgan fingerprint density at radius 2 is 1.07 bits per heavy atom. The Hall–Kier alpha value is -2.12. The van der Waals surface area contributed by atoms with Crippen LogP contribution in [0.15, 0.2) is 36.5 Å². The van der Waals surface area contributed by atoms with E-state index in [4.69, 9.17) is 14.2 Å². The molecule has 1 saturated heterocycles. The first-order valence-corrected chi connectivity index (χ1v) is 24.8. The molecular formula is C50H91NO10. The lowest BCUT2D eigenvalue weighted by molar-refractivity contribution is -0.302. The van der Waals surface area contributed by atoms with Crippen LogP contribution < -0.4 is 5.32 Å². The summed E-state index contributed by atoms with van der Waals surface area (Å²) in [5.74, 6) is -0.270. The third-order valence-corrected chi connectivity index (χ3v) is 11.5. The SMILES string of the molecule is CCCC/C=C\CCCCCCCC(=O)OCCCCC/C=C\CCCCCCCC(=O)NC(COC1OC(CO)C(O)C(O)C1O)C(O)/C=C/CCCCCCCCCC. The molecule has 7 atom stereocenters. The first-order chi connectivity index (χ1) is 29.7. The van der Waals surface area contributed by atoms with Crippen LogP contribution in [0.25, 0.3) is 0 Å². The molecule has 61 heavy (non-hydrogen) atoms. The topological polar surface area (TPSA) is 175 Å². The molecule has 11 heteroatoms. The zero-order valence-corrected chi connectivity index (χ0v) is 38.6. The van der Waals surface area contributed by atoms with E-state index in [-0.39, 0.29) is 18.5 Å². The van der Waals surface area contributed by atoms with Gasteiger partial charge in [0.2, 0.25) is 5.91 Å². The Kier molecular flexibility index (Phi) is 37.9. The predicted molar refractivity (Wildman–Crippen MR) is 246 cm³/mol. The van der Waals surface area contributed by atoms with Crippen molar-refractivity contribution in [1.82, 2.24) is 5.32 Å². The monoisotopic (exact) mass is 866 g/mol. The average Bonchev–Trinajstić information content (AvgIpc) is 3.25. The minimum atomic E-state index is -1.58. The minimum Gasteiger partial charge on any atom is -0.466 e. The van der Waals surface area contributed by atoms with Gasteiger partial charge in [-0.1, -0.05) is 147 Å². The number of nitrogens with one attached hydrogen (secondary N) is 1. The van der Waals surface area contributed by atoms with Crippen LogP contribution in [0.5, 0.6) is 0 Å². The standard InChI is InChI=1S/C50H91NO10/c1-3-5-7-9-11-13-17-22-26-30-34-38-46(55)59-39-35-31-27-23-19-16-15-18-21-25-29-33-37-45(54)51-42(41-60-50-49(58)48(57)47(56)44(40-52)61-50)43(53)36-32-28-24-20-14-12-10-8-6-4-2/h9,11,16,19,32,36,42-44,47-50,52-53,56-58H,3-8,10,12-15,17-18,20-31,33-35,37-41H2,1-2H3,(H,51,54)/b11-9-,19-16-,36-32+. The fourth-order valence-corrected chi connectivity index (χ4v) is 7.41. The van der Waals surface area contributed by atoms with Gasteiger partial charge in [-0.3, -0.25) is 9.59 Å². The number of esters is 1. The van der Waals surface area contributed by atoms with Gasteiger partial charge in [0.25, 0.3) is 0 Å². The Bertz CT molecular complexity index is 1110. The molecule has 1 aliphatic rings. The lowest BCUT2D eigenvalue weighted by Crippen LogP contribution is -2.60. The van der Waals surface area contributed by atoms with Gasteiger partial charge < -0.3 is 45.1 Å². The molecule has 11 nitrogen and oxygen atoms in total. The van der Waals surface area contributed by atoms with Gasteiger partial charge in [0, 0.05) is 12.8 Å². The van der Waals surface area contributed by atoms with Crippen molar-refractivity contribution in [3.05, 3.63) is 36.5 Å². The lowest BCUT2D eigenvalue weighted by Gasteiger charge is -2.40. The average molecular weight is 866 g/mol. The van der Waals surface area contributed by atoms with Crippen LogP contribution in [0.3, 0.4) is 0 Å². The number of hydrogen-bond acceptors (Lipinski definition) is 10. The number of carbonyl (C=O) groups excluding carboxylic acids is 2. The minimum absolute atomic E-state index is 0.0589. The molecule has 0 aromatic rings. The summed E-state index contributed by atoms with van der Waals surface area (Å²) in [4.78, 5) is 24.9. The Labute approximate surface area is 371 Å². The summed E-state index contributed by atoms with van der Waals surface area (Å²) < 4.78 is 16.6. The molecule has 1 aliphatic heterocycles. The summed E-state index contributed by atoms with van der Waals surface area (Å²) in [6.45, 7) is 4.18. The van der Waals surface area contributed by atoms with E-state index in [9.17, 15) is 35.1 Å². The number of carbonyl (C=O) groups is 2. The van der Waals surface area contributed by atoms with E-state index in [1.165, 1.54) is 83.5 Å². The van der Waals surface area contributed by atoms with Gasteiger partial charge in [-0.25, -0.2) is 0 Å². The van der Waals surface area contributed by atoms with Gasteiger partial charge in [0.15, 0.2) is 6.29 Å². The number of rotatable bonds is 41. The molecular weight excluding hydrogens is 775 g/mol. The highest BCUT2D eigenvalue weighted by atomic mass is 16.7. The first kappa shape index (κ1) is 56.9. The van der Waals surface area contributed by atoms with Gasteiger partial charge in [0.1, 0.15) is 24.4 Å². The van der Waals surface area contributed by atoms with Crippen molar-refractivity contribution in [3.63, 3.8) is 0 Å². The van der Waals surface area contributed by atoms with Crippen LogP contribution in [0.1, 0.15) is 206 Å². The smallest absolute Gasteiger partial charge is 0.305 e. The second kappa shape index (κ2) is 40.6. The zero-order valence-electron chi connectivity index (χ0n) is 38.6. The molecule has 0 spiro atoms. The second-order valence-electron chi connectivity index (χ2n) is 17.2. The number of ether oxygens (including phenoxy) is 3. The van der Waals surface area contributed by atoms with Gasteiger partial charge in [-0.05, 0) is 83.5 Å². The van der Waals surface area contributed by atoms with Crippen molar-refractivity contribution in [2.24, 2.45) is 0 Å². The van der Waals surface area contributed by atoms with E-state index in [1.54, 1.807) is 6.08 Å². The number of amides is 1. The van der Waals surface area contributed by atoms with Crippen molar-refractivity contribution in [2.75, 3.05) is 19.8 Å². The van der Waals surface area contributed by atoms with Crippen LogP contribution in [0.4, 0.5) is 0 Å². The van der Waals surface area contributed by atoms with E-state index in [1.807, 2.05) is 6.08 Å². The van der Waals surface area contributed by atoms with Crippen molar-refractivity contribution >= 4 is 11.9 Å². The van der Waals surface area contributed by atoms with E-state index in [0.717, 1.165) is 96.3 Å². The number of aliphatic hydroxyl groups is 5. The molecule has 1 rings (SSSR count). The van der Waals surface area contributed by atoms with Gasteiger partial charge in [-0.2, -0.15) is 0 Å². The third-order valence-electron chi connectivity index (χ3n) is 11.5. The predicted octanol–water partition coefficient (Wildman–Crippen LogP) is 9.60. The first-order valence-electron chi connectivity index (χ1n) is 24.8. The third kappa shape index (κ3) is 31.4. The largest absolute Gasteiger partial charge is 0.466 e. The summed E-state index contributed by atoms with van der Waals surface area (Å²) in [6.07, 6.45) is 36.5. The van der Waals surface area contributed by atoms with E-state index < -0.39 is 49.5 Å². The summed E-state index contributed by atoms with van der Waals surface area (Å²) in [5.41, 5.74) is 0. The van der Waals surface area contributed by atoms with Gasteiger partial charge >= 0.3 is 5.97 Å². The highest BCUT2D eigenvalue weighted by Gasteiger charge is 2.44. The van der Waals surface area contributed by atoms with Gasteiger partial charge in [-0.15, -0.1) is 0 Å². The summed E-state index contributed by atoms with van der Waals surface area (Å²) in [5, 5.41) is 54.1. The van der Waals surface area contributed by atoms with Crippen LogP contribution >= 0.6 is 0 Å².